The van der Waals surface area contributed by atoms with Gasteiger partial charge in [0.15, 0.2) is 5.78 Å². The molecule has 3 nitrogen and oxygen atoms in total. The molecule has 19 heavy (non-hydrogen) atoms. The number of ketones is 1. The first kappa shape index (κ1) is 11.5. The Bertz CT molecular complexity index is 718. The highest BCUT2D eigenvalue weighted by Gasteiger charge is 2.11. The van der Waals surface area contributed by atoms with Crippen molar-refractivity contribution in [1.29, 1.82) is 0 Å². The number of hydrogen-bond acceptors (Lipinski definition) is 3. The predicted octanol–water partition coefficient (Wildman–Crippen LogP) is 3.06. The van der Waals surface area contributed by atoms with Gasteiger partial charge in [-0.3, -0.25) is 14.8 Å². The van der Waals surface area contributed by atoms with Gasteiger partial charge in [-0.15, -0.1) is 0 Å². The monoisotopic (exact) mass is 248 g/mol. The van der Waals surface area contributed by atoms with Crippen LogP contribution in [-0.2, 0) is 6.42 Å². The zero-order valence-electron chi connectivity index (χ0n) is 10.3. The number of hydrogen-bond donors (Lipinski definition) is 0. The summed E-state index contributed by atoms with van der Waals surface area (Å²) in [6, 6.07) is 11.5. The van der Waals surface area contributed by atoms with Crippen molar-refractivity contribution >= 4 is 16.6 Å². The van der Waals surface area contributed by atoms with Gasteiger partial charge in [-0.05, 0) is 17.0 Å². The fourth-order valence-electron chi connectivity index (χ4n) is 2.12. The number of pyridine rings is 2. The molecule has 0 N–H and O–H groups in total. The Kier molecular flexibility index (Phi) is 3.02. The fraction of sp³-hybridized carbons (Fsp3) is 0.0625. The first-order chi connectivity index (χ1) is 9.34. The predicted molar refractivity (Wildman–Crippen MR) is 74.0 cm³/mol. The average molecular weight is 248 g/mol. The van der Waals surface area contributed by atoms with E-state index in [4.69, 9.17) is 0 Å². The van der Waals surface area contributed by atoms with Gasteiger partial charge >= 0.3 is 0 Å². The van der Waals surface area contributed by atoms with Crippen LogP contribution in [0.3, 0.4) is 0 Å². The summed E-state index contributed by atoms with van der Waals surface area (Å²) in [7, 11) is 0. The van der Waals surface area contributed by atoms with Crippen LogP contribution >= 0.6 is 0 Å². The number of rotatable bonds is 3. The van der Waals surface area contributed by atoms with Crippen LogP contribution in [0.1, 0.15) is 15.9 Å². The van der Waals surface area contributed by atoms with E-state index in [-0.39, 0.29) is 5.78 Å². The molecule has 2 aromatic heterocycles. The summed E-state index contributed by atoms with van der Waals surface area (Å²) in [6.45, 7) is 0. The van der Waals surface area contributed by atoms with E-state index < -0.39 is 0 Å². The molecule has 0 aliphatic rings. The number of benzene rings is 1. The van der Waals surface area contributed by atoms with Crippen LogP contribution in [0.25, 0.3) is 10.8 Å². The Balaban J connectivity index is 1.98. The van der Waals surface area contributed by atoms with E-state index in [1.54, 1.807) is 24.8 Å². The minimum atomic E-state index is 0.0669. The van der Waals surface area contributed by atoms with Gasteiger partial charge < -0.3 is 0 Å². The van der Waals surface area contributed by atoms with Crippen molar-refractivity contribution < 1.29 is 4.79 Å². The van der Waals surface area contributed by atoms with Crippen molar-refractivity contribution in [1.82, 2.24) is 9.97 Å². The van der Waals surface area contributed by atoms with Crippen molar-refractivity contribution in [3.05, 3.63) is 72.3 Å². The molecule has 0 amide bonds. The number of aromatic nitrogens is 2. The highest BCUT2D eigenvalue weighted by Crippen LogP contribution is 2.18. The Morgan fingerprint density at radius 3 is 2.68 bits per heavy atom. The Labute approximate surface area is 111 Å². The van der Waals surface area contributed by atoms with Crippen LogP contribution in [-0.4, -0.2) is 15.8 Å². The molecule has 2 heterocycles. The van der Waals surface area contributed by atoms with Crippen molar-refractivity contribution in [2.24, 2.45) is 0 Å². The van der Waals surface area contributed by atoms with Gasteiger partial charge in [0.25, 0.3) is 0 Å². The first-order valence-corrected chi connectivity index (χ1v) is 6.09. The van der Waals surface area contributed by atoms with E-state index in [1.165, 1.54) is 0 Å². The van der Waals surface area contributed by atoms with Crippen molar-refractivity contribution in [2.75, 3.05) is 0 Å². The van der Waals surface area contributed by atoms with Gasteiger partial charge in [-0.1, -0.05) is 30.3 Å². The van der Waals surface area contributed by atoms with Crippen LogP contribution in [0.4, 0.5) is 0 Å². The fourth-order valence-corrected chi connectivity index (χ4v) is 2.12. The van der Waals surface area contributed by atoms with Gasteiger partial charge in [0.2, 0.25) is 0 Å². The maximum Gasteiger partial charge on any atom is 0.169 e. The number of Topliss-reactive ketones (excluding diaryl/α,β-unsaturated/α-hetero) is 1. The summed E-state index contributed by atoms with van der Waals surface area (Å²) in [6.07, 6.45) is 7.19. The third-order valence-electron chi connectivity index (χ3n) is 3.06. The number of fused-ring (bicyclic) bond motifs is 1. The van der Waals surface area contributed by atoms with Crippen molar-refractivity contribution in [3.63, 3.8) is 0 Å². The highest BCUT2D eigenvalue weighted by atomic mass is 16.1. The van der Waals surface area contributed by atoms with E-state index in [0.717, 1.165) is 16.3 Å². The molecule has 3 rings (SSSR count). The minimum Gasteiger partial charge on any atom is -0.294 e. The zero-order chi connectivity index (χ0) is 13.1. The second-order valence-corrected chi connectivity index (χ2v) is 4.37. The maximum atomic E-state index is 12.4. The Morgan fingerprint density at radius 2 is 1.84 bits per heavy atom. The lowest BCUT2D eigenvalue weighted by atomic mass is 10.0. The second-order valence-electron chi connectivity index (χ2n) is 4.37. The molecule has 0 unspecified atom stereocenters. The largest absolute Gasteiger partial charge is 0.294 e. The summed E-state index contributed by atoms with van der Waals surface area (Å²) in [5, 5.41) is 1.94. The Hall–Kier alpha value is -2.55. The van der Waals surface area contributed by atoms with Crippen molar-refractivity contribution in [2.45, 2.75) is 6.42 Å². The van der Waals surface area contributed by atoms with Crippen LogP contribution in [0.2, 0.25) is 0 Å². The summed E-state index contributed by atoms with van der Waals surface area (Å²) in [5.74, 6) is 0.0669. The minimum absolute atomic E-state index is 0.0669. The van der Waals surface area contributed by atoms with Gasteiger partial charge in [-0.25, -0.2) is 0 Å². The molecule has 92 valence electrons. The molecule has 0 spiro atoms. The molecule has 0 saturated carbocycles. The van der Waals surface area contributed by atoms with Crippen molar-refractivity contribution in [3.8, 4) is 0 Å². The Morgan fingerprint density at radius 1 is 0.947 bits per heavy atom. The maximum absolute atomic E-state index is 12.4. The summed E-state index contributed by atoms with van der Waals surface area (Å²) >= 11 is 0. The zero-order valence-corrected chi connectivity index (χ0v) is 10.3. The van der Waals surface area contributed by atoms with Crippen LogP contribution in [0.15, 0.2) is 61.2 Å². The molecule has 0 atom stereocenters. The van der Waals surface area contributed by atoms with Gasteiger partial charge in [0.1, 0.15) is 0 Å². The summed E-state index contributed by atoms with van der Waals surface area (Å²) in [5.41, 5.74) is 1.59. The standard InChI is InChI=1S/C16H12N2O/c19-16(8-12-4-3-7-17-9-12)15-11-18-10-13-5-1-2-6-14(13)15/h1-7,9-11H,8H2. The molecular formula is C16H12N2O. The molecule has 0 aliphatic heterocycles. The summed E-state index contributed by atoms with van der Waals surface area (Å²) in [4.78, 5) is 20.5. The van der Waals surface area contributed by atoms with Gasteiger partial charge in [-0.2, -0.15) is 0 Å². The SMILES string of the molecule is O=C(Cc1cccnc1)c1cncc2ccccc12. The lowest BCUT2D eigenvalue weighted by molar-refractivity contribution is 0.0994. The third-order valence-corrected chi connectivity index (χ3v) is 3.06. The molecular weight excluding hydrogens is 236 g/mol. The van der Waals surface area contributed by atoms with E-state index in [0.29, 0.717) is 12.0 Å². The molecule has 0 bridgehead atoms. The van der Waals surface area contributed by atoms with E-state index in [2.05, 4.69) is 9.97 Å². The van der Waals surface area contributed by atoms with E-state index in [9.17, 15) is 4.79 Å². The van der Waals surface area contributed by atoms with Crippen LogP contribution < -0.4 is 0 Å². The quantitative estimate of drug-likeness (QED) is 0.669. The smallest absolute Gasteiger partial charge is 0.169 e. The van der Waals surface area contributed by atoms with Gasteiger partial charge in [0.05, 0.1) is 0 Å². The molecule has 0 fully saturated rings. The topological polar surface area (TPSA) is 42.9 Å². The summed E-state index contributed by atoms with van der Waals surface area (Å²) < 4.78 is 0. The lowest BCUT2D eigenvalue weighted by Gasteiger charge is -2.05. The molecule has 3 heteroatoms. The third kappa shape index (κ3) is 2.36. The number of carbonyl (C=O) groups is 1. The second kappa shape index (κ2) is 4.98. The first-order valence-electron chi connectivity index (χ1n) is 6.09. The highest BCUT2D eigenvalue weighted by molar-refractivity contribution is 6.08. The molecule has 1 aromatic carbocycles. The van der Waals surface area contributed by atoms with Crippen LogP contribution in [0.5, 0.6) is 0 Å². The molecule has 3 aromatic rings. The normalized spacial score (nSPS) is 10.5. The molecule has 0 radical (unpaired) electrons. The molecule has 0 aliphatic carbocycles. The van der Waals surface area contributed by atoms with E-state index in [1.807, 2.05) is 36.4 Å². The average Bonchev–Trinajstić information content (AvgIpc) is 2.47. The lowest BCUT2D eigenvalue weighted by Crippen LogP contribution is -2.05. The molecule has 0 saturated heterocycles. The number of nitrogens with zero attached hydrogens (tertiary/aromatic N) is 2. The van der Waals surface area contributed by atoms with E-state index >= 15 is 0 Å². The van der Waals surface area contributed by atoms with Crippen LogP contribution in [0, 0.1) is 0 Å². The van der Waals surface area contributed by atoms with Gasteiger partial charge in [0, 0.05) is 42.2 Å². The number of carbonyl (C=O) groups excluding carboxylic acids is 1.